The van der Waals surface area contributed by atoms with E-state index in [0.29, 0.717) is 12.3 Å². The van der Waals surface area contributed by atoms with Crippen LogP contribution in [0, 0.1) is 25.1 Å². The molecule has 1 rings (SSSR count). The molecule has 0 heterocycles. The largest absolute Gasteiger partial charge is 0.351 e. The van der Waals surface area contributed by atoms with Crippen LogP contribution in [0.2, 0.25) is 0 Å². The summed E-state index contributed by atoms with van der Waals surface area (Å²) in [6, 6.07) is 4.56. The second-order valence-corrected chi connectivity index (χ2v) is 4.60. The summed E-state index contributed by atoms with van der Waals surface area (Å²) >= 11 is 1.55. The molecular formula is C13H14FNOS. The van der Waals surface area contributed by atoms with Crippen LogP contribution < -0.4 is 5.32 Å². The molecule has 90 valence electrons. The lowest BCUT2D eigenvalue weighted by Crippen LogP contribution is -2.26. The molecule has 0 saturated carbocycles. The number of carbonyl (C=O) groups is 1. The van der Waals surface area contributed by atoms with Crippen LogP contribution in [0.4, 0.5) is 4.39 Å². The lowest BCUT2D eigenvalue weighted by atomic mass is 10.1. The average molecular weight is 251 g/mol. The van der Waals surface area contributed by atoms with E-state index in [0.717, 1.165) is 11.3 Å². The van der Waals surface area contributed by atoms with Crippen molar-refractivity contribution in [3.63, 3.8) is 0 Å². The quantitative estimate of drug-likeness (QED) is 0.642. The van der Waals surface area contributed by atoms with E-state index in [1.54, 1.807) is 24.8 Å². The zero-order valence-corrected chi connectivity index (χ0v) is 10.4. The zero-order valence-electron chi connectivity index (χ0n) is 9.63. The number of thioether (sulfide) groups is 1. The Morgan fingerprint density at radius 2 is 2.35 bits per heavy atom. The molecule has 0 radical (unpaired) electrons. The maximum Gasteiger partial charge on any atom is 0.254 e. The van der Waals surface area contributed by atoms with E-state index in [1.165, 1.54) is 12.1 Å². The smallest absolute Gasteiger partial charge is 0.254 e. The predicted octanol–water partition coefficient (Wildman–Crippen LogP) is 2.23. The van der Waals surface area contributed by atoms with E-state index in [-0.39, 0.29) is 11.5 Å². The Labute approximate surface area is 105 Å². The number of terminal acetylenes is 1. The number of hydrogen-bond donors (Lipinski definition) is 1. The Hall–Kier alpha value is -1.47. The molecule has 0 aromatic heterocycles. The van der Waals surface area contributed by atoms with Crippen molar-refractivity contribution in [1.29, 1.82) is 0 Å². The molecule has 1 amide bonds. The number of benzene rings is 1. The molecule has 0 atom stereocenters. The second-order valence-electron chi connectivity index (χ2n) is 3.50. The molecule has 0 unspecified atom stereocenters. The first kappa shape index (κ1) is 13.6. The highest BCUT2D eigenvalue weighted by atomic mass is 32.2. The van der Waals surface area contributed by atoms with E-state index in [9.17, 15) is 9.18 Å². The Balaban J connectivity index is 2.45. The molecule has 1 aromatic rings. The van der Waals surface area contributed by atoms with Gasteiger partial charge in [-0.2, -0.15) is 0 Å². The third-order valence-corrected chi connectivity index (χ3v) is 2.95. The van der Waals surface area contributed by atoms with Gasteiger partial charge in [0, 0.05) is 12.3 Å². The summed E-state index contributed by atoms with van der Waals surface area (Å²) in [5.74, 6) is 2.97. The van der Waals surface area contributed by atoms with Crippen molar-refractivity contribution < 1.29 is 9.18 Å². The van der Waals surface area contributed by atoms with E-state index in [2.05, 4.69) is 11.2 Å². The zero-order chi connectivity index (χ0) is 12.7. The monoisotopic (exact) mass is 251 g/mol. The first-order valence-corrected chi connectivity index (χ1v) is 6.36. The normalized spacial score (nSPS) is 9.71. The summed E-state index contributed by atoms with van der Waals surface area (Å²) < 4.78 is 13.4. The second kappa shape index (κ2) is 6.97. The number of aryl methyl sites for hydroxylation is 1. The standard InChI is InChI=1S/C13H14FNOS/c1-3-7-17-8-6-15-13(16)11-5-4-10(2)9-12(11)14/h1,4-5,9H,6-8H2,2H3,(H,15,16). The van der Waals surface area contributed by atoms with Crippen molar-refractivity contribution in [2.24, 2.45) is 0 Å². The number of nitrogens with one attached hydrogen (secondary N) is 1. The Kier molecular flexibility index (Phi) is 5.58. The maximum absolute atomic E-state index is 13.4. The predicted molar refractivity (Wildman–Crippen MR) is 69.6 cm³/mol. The van der Waals surface area contributed by atoms with Crippen molar-refractivity contribution in [2.45, 2.75) is 6.92 Å². The Morgan fingerprint density at radius 1 is 1.59 bits per heavy atom. The maximum atomic E-state index is 13.4. The average Bonchev–Trinajstić information content (AvgIpc) is 2.28. The summed E-state index contributed by atoms with van der Waals surface area (Å²) in [7, 11) is 0. The topological polar surface area (TPSA) is 29.1 Å². The van der Waals surface area contributed by atoms with E-state index in [4.69, 9.17) is 6.42 Å². The summed E-state index contributed by atoms with van der Waals surface area (Å²) in [6.45, 7) is 2.26. The van der Waals surface area contributed by atoms with Crippen molar-refractivity contribution in [2.75, 3.05) is 18.1 Å². The van der Waals surface area contributed by atoms with E-state index in [1.807, 2.05) is 0 Å². The molecule has 0 aliphatic heterocycles. The summed E-state index contributed by atoms with van der Waals surface area (Å²) in [5.41, 5.74) is 0.876. The molecule has 0 spiro atoms. The highest BCUT2D eigenvalue weighted by Gasteiger charge is 2.10. The van der Waals surface area contributed by atoms with Crippen LogP contribution in [-0.4, -0.2) is 24.0 Å². The first-order chi connectivity index (χ1) is 8.15. The van der Waals surface area contributed by atoms with Crippen molar-refractivity contribution in [3.05, 3.63) is 35.1 Å². The molecule has 0 aliphatic carbocycles. The van der Waals surface area contributed by atoms with Gasteiger partial charge < -0.3 is 5.32 Å². The van der Waals surface area contributed by atoms with Crippen LogP contribution in [0.5, 0.6) is 0 Å². The number of halogens is 1. The fraction of sp³-hybridized carbons (Fsp3) is 0.308. The van der Waals surface area contributed by atoms with E-state index >= 15 is 0 Å². The van der Waals surface area contributed by atoms with Gasteiger partial charge in [0.2, 0.25) is 0 Å². The Bertz CT molecular complexity index is 440. The minimum Gasteiger partial charge on any atom is -0.351 e. The van der Waals surface area contributed by atoms with Crippen LogP contribution in [0.25, 0.3) is 0 Å². The highest BCUT2D eigenvalue weighted by Crippen LogP contribution is 2.09. The summed E-state index contributed by atoms with van der Waals surface area (Å²) in [6.07, 6.45) is 5.09. The molecule has 0 aliphatic rings. The van der Waals surface area contributed by atoms with Gasteiger partial charge in [-0.25, -0.2) is 4.39 Å². The first-order valence-electron chi connectivity index (χ1n) is 5.20. The van der Waals surface area contributed by atoms with Crippen LogP contribution >= 0.6 is 11.8 Å². The van der Waals surface area contributed by atoms with Crippen molar-refractivity contribution in [3.8, 4) is 12.3 Å². The Morgan fingerprint density at radius 3 is 3.00 bits per heavy atom. The molecule has 0 fully saturated rings. The van der Waals surface area contributed by atoms with Crippen molar-refractivity contribution in [1.82, 2.24) is 5.32 Å². The summed E-state index contributed by atoms with van der Waals surface area (Å²) in [4.78, 5) is 11.6. The third-order valence-electron chi connectivity index (χ3n) is 2.09. The van der Waals surface area contributed by atoms with Crippen LogP contribution in [-0.2, 0) is 0 Å². The molecule has 17 heavy (non-hydrogen) atoms. The molecule has 1 N–H and O–H groups in total. The van der Waals surface area contributed by atoms with Gasteiger partial charge in [-0.1, -0.05) is 12.0 Å². The molecular weight excluding hydrogens is 237 g/mol. The molecule has 2 nitrogen and oxygen atoms in total. The number of rotatable bonds is 5. The van der Waals surface area contributed by atoms with Gasteiger partial charge in [0.25, 0.3) is 5.91 Å². The fourth-order valence-corrected chi connectivity index (χ4v) is 1.78. The van der Waals surface area contributed by atoms with Gasteiger partial charge >= 0.3 is 0 Å². The lowest BCUT2D eigenvalue weighted by molar-refractivity contribution is 0.0952. The highest BCUT2D eigenvalue weighted by molar-refractivity contribution is 7.99. The third kappa shape index (κ3) is 4.49. The number of hydrogen-bond acceptors (Lipinski definition) is 2. The van der Waals surface area contributed by atoms with Gasteiger partial charge in [-0.15, -0.1) is 18.2 Å². The minimum absolute atomic E-state index is 0.0811. The van der Waals surface area contributed by atoms with Gasteiger partial charge in [0.15, 0.2) is 0 Å². The molecule has 0 bridgehead atoms. The lowest BCUT2D eigenvalue weighted by Gasteiger charge is -2.05. The molecule has 4 heteroatoms. The van der Waals surface area contributed by atoms with Gasteiger partial charge in [-0.05, 0) is 24.6 Å². The van der Waals surface area contributed by atoms with Gasteiger partial charge in [-0.3, -0.25) is 4.79 Å². The van der Waals surface area contributed by atoms with Gasteiger partial charge in [0.1, 0.15) is 5.82 Å². The summed E-state index contributed by atoms with van der Waals surface area (Å²) in [5, 5.41) is 2.65. The molecule has 1 aromatic carbocycles. The van der Waals surface area contributed by atoms with Crippen LogP contribution in [0.15, 0.2) is 18.2 Å². The van der Waals surface area contributed by atoms with Crippen LogP contribution in [0.3, 0.4) is 0 Å². The van der Waals surface area contributed by atoms with Crippen molar-refractivity contribution >= 4 is 17.7 Å². The SMILES string of the molecule is C#CCSCCNC(=O)c1ccc(C)cc1F. The van der Waals surface area contributed by atoms with Crippen LogP contribution in [0.1, 0.15) is 15.9 Å². The minimum atomic E-state index is -0.487. The van der Waals surface area contributed by atoms with Gasteiger partial charge in [0.05, 0.1) is 11.3 Å². The molecule has 0 saturated heterocycles. The number of carbonyl (C=O) groups excluding carboxylic acids is 1. The fourth-order valence-electron chi connectivity index (χ4n) is 1.27. The van der Waals surface area contributed by atoms with E-state index < -0.39 is 5.82 Å². The number of amides is 1.